The molecule has 3 rings (SSSR count). The van der Waals surface area contributed by atoms with Crippen LogP contribution in [0.15, 0.2) is 40.8 Å². The van der Waals surface area contributed by atoms with E-state index in [1.54, 1.807) is 24.3 Å². The maximum absolute atomic E-state index is 12.4. The molecule has 1 N–H and O–H groups in total. The van der Waals surface area contributed by atoms with E-state index in [0.29, 0.717) is 21.3 Å². The third-order valence-electron chi connectivity index (χ3n) is 3.37. The highest BCUT2D eigenvalue weighted by Crippen LogP contribution is 2.29. The number of nitrogens with one attached hydrogen (secondary N) is 1. The standard InChI is InChI=1S/C17H13Cl2NO2/c1-9-5-10(2)16(13(19)6-9)20-17(21)15-8-11-7-12(18)3-4-14(11)22-15/h3-8H,1-2H3,(H,20,21). The number of anilines is 1. The lowest BCUT2D eigenvalue weighted by Gasteiger charge is -2.10. The van der Waals surface area contributed by atoms with Crippen LogP contribution in [0.1, 0.15) is 21.7 Å². The number of carbonyl (C=O) groups excluding carboxylic acids is 1. The normalized spacial score (nSPS) is 10.9. The Morgan fingerprint density at radius 3 is 2.59 bits per heavy atom. The van der Waals surface area contributed by atoms with Gasteiger partial charge in [-0.15, -0.1) is 0 Å². The van der Waals surface area contributed by atoms with Crippen LogP contribution in [0.4, 0.5) is 5.69 Å². The van der Waals surface area contributed by atoms with Gasteiger partial charge in [0, 0.05) is 10.4 Å². The first-order valence-electron chi connectivity index (χ1n) is 6.71. The Morgan fingerprint density at radius 2 is 1.86 bits per heavy atom. The summed E-state index contributed by atoms with van der Waals surface area (Å²) in [4.78, 5) is 12.4. The molecule has 0 bridgehead atoms. The van der Waals surface area contributed by atoms with E-state index in [0.717, 1.165) is 16.5 Å². The molecule has 2 aromatic carbocycles. The molecule has 1 aromatic heterocycles. The monoisotopic (exact) mass is 333 g/mol. The molecule has 0 unspecified atom stereocenters. The fraction of sp³-hybridized carbons (Fsp3) is 0.118. The largest absolute Gasteiger partial charge is 0.451 e. The Bertz CT molecular complexity index is 860. The van der Waals surface area contributed by atoms with Crippen molar-refractivity contribution in [3.05, 3.63) is 63.3 Å². The van der Waals surface area contributed by atoms with E-state index in [2.05, 4.69) is 5.32 Å². The van der Waals surface area contributed by atoms with Gasteiger partial charge >= 0.3 is 0 Å². The minimum atomic E-state index is -0.346. The van der Waals surface area contributed by atoms with Gasteiger partial charge in [-0.3, -0.25) is 4.79 Å². The van der Waals surface area contributed by atoms with Crippen LogP contribution >= 0.6 is 23.2 Å². The molecule has 1 amide bonds. The summed E-state index contributed by atoms with van der Waals surface area (Å²) in [6.45, 7) is 3.85. The van der Waals surface area contributed by atoms with E-state index in [4.69, 9.17) is 27.6 Å². The van der Waals surface area contributed by atoms with Gasteiger partial charge in [0.05, 0.1) is 10.7 Å². The summed E-state index contributed by atoms with van der Waals surface area (Å²) < 4.78 is 5.55. The Kier molecular flexibility index (Phi) is 3.85. The first kappa shape index (κ1) is 14.9. The Labute approximate surface area is 137 Å². The number of rotatable bonds is 2. The predicted molar refractivity (Wildman–Crippen MR) is 90.1 cm³/mol. The summed E-state index contributed by atoms with van der Waals surface area (Å²) in [6, 6.07) is 10.6. The Hall–Kier alpha value is -1.97. The molecule has 0 saturated heterocycles. The van der Waals surface area contributed by atoms with E-state index >= 15 is 0 Å². The summed E-state index contributed by atoms with van der Waals surface area (Å²) in [5, 5.41) is 4.68. The molecule has 112 valence electrons. The van der Waals surface area contributed by atoms with Crippen LogP contribution in [0.3, 0.4) is 0 Å². The minimum Gasteiger partial charge on any atom is -0.451 e. The Morgan fingerprint density at radius 1 is 1.09 bits per heavy atom. The van der Waals surface area contributed by atoms with Crippen LogP contribution in [-0.4, -0.2) is 5.91 Å². The van der Waals surface area contributed by atoms with Crippen LogP contribution in [-0.2, 0) is 0 Å². The van der Waals surface area contributed by atoms with Crippen LogP contribution in [0.25, 0.3) is 11.0 Å². The van der Waals surface area contributed by atoms with Crippen LogP contribution in [0.2, 0.25) is 10.0 Å². The SMILES string of the molecule is Cc1cc(C)c(NC(=O)c2cc3cc(Cl)ccc3o2)c(Cl)c1. The number of carbonyl (C=O) groups is 1. The van der Waals surface area contributed by atoms with Crippen molar-refractivity contribution < 1.29 is 9.21 Å². The highest BCUT2D eigenvalue weighted by molar-refractivity contribution is 6.34. The average molecular weight is 334 g/mol. The smallest absolute Gasteiger partial charge is 0.291 e. The quantitative estimate of drug-likeness (QED) is 0.662. The second-order valence-corrected chi connectivity index (χ2v) is 6.03. The molecule has 0 radical (unpaired) electrons. The van der Waals surface area contributed by atoms with Crippen LogP contribution < -0.4 is 5.32 Å². The van der Waals surface area contributed by atoms with Gasteiger partial charge in [0.25, 0.3) is 5.91 Å². The van der Waals surface area contributed by atoms with E-state index in [1.165, 1.54) is 0 Å². The lowest BCUT2D eigenvalue weighted by Crippen LogP contribution is -2.12. The number of hydrogen-bond donors (Lipinski definition) is 1. The molecule has 0 saturated carbocycles. The van der Waals surface area contributed by atoms with Gasteiger partial charge in [-0.1, -0.05) is 29.3 Å². The minimum absolute atomic E-state index is 0.216. The zero-order valence-electron chi connectivity index (χ0n) is 12.0. The molecule has 0 aliphatic rings. The molecule has 0 aliphatic carbocycles. The molecule has 3 nitrogen and oxygen atoms in total. The number of amides is 1. The molecule has 0 spiro atoms. The fourth-order valence-electron chi connectivity index (χ4n) is 2.38. The van der Waals surface area contributed by atoms with Crippen LogP contribution in [0.5, 0.6) is 0 Å². The van der Waals surface area contributed by atoms with Crippen molar-refractivity contribution in [3.63, 3.8) is 0 Å². The maximum Gasteiger partial charge on any atom is 0.291 e. The van der Waals surface area contributed by atoms with Crippen LogP contribution in [0, 0.1) is 13.8 Å². The topological polar surface area (TPSA) is 42.2 Å². The third-order valence-corrected chi connectivity index (χ3v) is 3.91. The number of aryl methyl sites for hydroxylation is 2. The zero-order valence-corrected chi connectivity index (χ0v) is 13.5. The number of benzene rings is 2. The maximum atomic E-state index is 12.4. The van der Waals surface area contributed by atoms with Gasteiger partial charge in [0.2, 0.25) is 0 Å². The third kappa shape index (κ3) is 2.82. The lowest BCUT2D eigenvalue weighted by molar-refractivity contribution is 0.0998. The summed E-state index contributed by atoms with van der Waals surface area (Å²) in [5.74, 6) is -0.130. The van der Waals surface area contributed by atoms with Gasteiger partial charge in [-0.05, 0) is 55.3 Å². The molecular formula is C17H13Cl2NO2. The van der Waals surface area contributed by atoms with Gasteiger partial charge in [-0.2, -0.15) is 0 Å². The molecule has 5 heteroatoms. The van der Waals surface area contributed by atoms with Crippen molar-refractivity contribution >= 4 is 45.8 Å². The van der Waals surface area contributed by atoms with E-state index in [9.17, 15) is 4.79 Å². The van der Waals surface area contributed by atoms with Crippen molar-refractivity contribution in [2.45, 2.75) is 13.8 Å². The molecular weight excluding hydrogens is 321 g/mol. The number of halogens is 2. The lowest BCUT2D eigenvalue weighted by atomic mass is 10.1. The molecule has 3 aromatic rings. The van der Waals surface area contributed by atoms with Crippen molar-refractivity contribution in [1.82, 2.24) is 0 Å². The molecule has 22 heavy (non-hydrogen) atoms. The predicted octanol–water partition coefficient (Wildman–Crippen LogP) is 5.61. The van der Waals surface area contributed by atoms with Crippen molar-refractivity contribution in [1.29, 1.82) is 0 Å². The van der Waals surface area contributed by atoms with Gasteiger partial charge in [0.1, 0.15) is 5.58 Å². The Balaban J connectivity index is 1.93. The van der Waals surface area contributed by atoms with Gasteiger partial charge < -0.3 is 9.73 Å². The van der Waals surface area contributed by atoms with E-state index < -0.39 is 0 Å². The highest BCUT2D eigenvalue weighted by Gasteiger charge is 2.15. The second kappa shape index (κ2) is 5.67. The molecule has 0 aliphatic heterocycles. The van der Waals surface area contributed by atoms with Crippen molar-refractivity contribution in [3.8, 4) is 0 Å². The fourth-order valence-corrected chi connectivity index (χ4v) is 2.92. The molecule has 0 fully saturated rings. The van der Waals surface area contributed by atoms with E-state index in [-0.39, 0.29) is 11.7 Å². The molecule has 0 atom stereocenters. The molecule has 1 heterocycles. The number of furan rings is 1. The van der Waals surface area contributed by atoms with Gasteiger partial charge in [0.15, 0.2) is 5.76 Å². The summed E-state index contributed by atoms with van der Waals surface area (Å²) in [5.41, 5.74) is 3.15. The van der Waals surface area contributed by atoms with Gasteiger partial charge in [-0.25, -0.2) is 0 Å². The van der Waals surface area contributed by atoms with E-state index in [1.807, 2.05) is 26.0 Å². The number of fused-ring (bicyclic) bond motifs is 1. The zero-order chi connectivity index (χ0) is 15.9. The van der Waals surface area contributed by atoms with Crippen molar-refractivity contribution in [2.24, 2.45) is 0 Å². The first-order chi connectivity index (χ1) is 10.4. The second-order valence-electron chi connectivity index (χ2n) is 5.19. The summed E-state index contributed by atoms with van der Waals surface area (Å²) in [6.07, 6.45) is 0. The summed E-state index contributed by atoms with van der Waals surface area (Å²) in [7, 11) is 0. The van der Waals surface area contributed by atoms with Crippen molar-refractivity contribution in [2.75, 3.05) is 5.32 Å². The first-order valence-corrected chi connectivity index (χ1v) is 7.47. The highest BCUT2D eigenvalue weighted by atomic mass is 35.5. The number of hydrogen-bond acceptors (Lipinski definition) is 2. The average Bonchev–Trinajstić information content (AvgIpc) is 2.85. The summed E-state index contributed by atoms with van der Waals surface area (Å²) >= 11 is 12.1.